The summed E-state index contributed by atoms with van der Waals surface area (Å²) in [6.45, 7) is 2.40. The quantitative estimate of drug-likeness (QED) is 0.174. The zero-order valence-electron chi connectivity index (χ0n) is 30.2. The Bertz CT molecular complexity index is 2700. The Labute approximate surface area is 316 Å². The van der Waals surface area contributed by atoms with Gasteiger partial charge in [0.1, 0.15) is 0 Å². The van der Waals surface area contributed by atoms with Crippen molar-refractivity contribution in [1.82, 2.24) is 9.97 Å². The first-order valence-electron chi connectivity index (χ1n) is 18.9. The van der Waals surface area contributed by atoms with Crippen LogP contribution < -0.4 is 0 Å². The highest BCUT2D eigenvalue weighted by Crippen LogP contribution is 2.59. The van der Waals surface area contributed by atoms with E-state index in [2.05, 4.69) is 183 Å². The van der Waals surface area contributed by atoms with Crippen molar-refractivity contribution in [1.29, 1.82) is 0 Å². The molecule has 0 aliphatic heterocycles. The molecule has 0 saturated carbocycles. The molecule has 1 heterocycles. The third-order valence-corrected chi connectivity index (χ3v) is 11.4. The number of allylic oxidation sites excluding steroid dienone is 4. The van der Waals surface area contributed by atoms with E-state index in [4.69, 9.17) is 9.97 Å². The molecule has 1 unspecified atom stereocenters. The van der Waals surface area contributed by atoms with E-state index < -0.39 is 5.41 Å². The van der Waals surface area contributed by atoms with E-state index in [-0.39, 0.29) is 0 Å². The smallest absolute Gasteiger partial charge is 0.160 e. The SMILES string of the molecule is CC1CC=C(c2cc(-c3ccccc3)cc(-c3nc(-c4ccccc4)nc4ccccc34)c2)C=C1C1(c2ccccc2)c2ccccc2-c2ccccc21. The molecule has 10 rings (SSSR count). The molecule has 7 aromatic carbocycles. The number of aromatic nitrogens is 2. The summed E-state index contributed by atoms with van der Waals surface area (Å²) in [5.74, 6) is 1.05. The second-order valence-corrected chi connectivity index (χ2v) is 14.5. The fourth-order valence-electron chi connectivity index (χ4n) is 8.93. The molecule has 1 aromatic heterocycles. The molecule has 0 spiro atoms. The van der Waals surface area contributed by atoms with Gasteiger partial charge in [-0.3, -0.25) is 0 Å². The van der Waals surface area contributed by atoms with Crippen LogP contribution in [-0.2, 0) is 5.41 Å². The molecule has 2 aliphatic carbocycles. The van der Waals surface area contributed by atoms with Gasteiger partial charge < -0.3 is 0 Å². The highest BCUT2D eigenvalue weighted by molar-refractivity contribution is 5.96. The van der Waals surface area contributed by atoms with Crippen molar-refractivity contribution >= 4 is 16.5 Å². The molecule has 2 nitrogen and oxygen atoms in total. The first-order chi connectivity index (χ1) is 26.7. The van der Waals surface area contributed by atoms with Gasteiger partial charge in [0.15, 0.2) is 5.82 Å². The van der Waals surface area contributed by atoms with E-state index in [0.29, 0.717) is 5.92 Å². The second-order valence-electron chi connectivity index (χ2n) is 14.5. The van der Waals surface area contributed by atoms with Crippen LogP contribution in [0.5, 0.6) is 0 Å². The Balaban J connectivity index is 1.21. The number of fused-ring (bicyclic) bond motifs is 4. The van der Waals surface area contributed by atoms with Crippen molar-refractivity contribution in [3.63, 3.8) is 0 Å². The van der Waals surface area contributed by atoms with E-state index in [1.165, 1.54) is 50.1 Å². The van der Waals surface area contributed by atoms with Crippen LogP contribution in [0.3, 0.4) is 0 Å². The van der Waals surface area contributed by atoms with Crippen LogP contribution in [0.4, 0.5) is 0 Å². The molecule has 256 valence electrons. The average molecular weight is 691 g/mol. The van der Waals surface area contributed by atoms with Crippen LogP contribution >= 0.6 is 0 Å². The standard InChI is InChI=1S/C52H38N2/c1-35-29-30-38(34-48(35)52(42-21-9-4-10-22-42)46-26-14-11-23-43(46)44-24-12-15-27-47(44)52)40-31-39(36-17-5-2-6-18-36)32-41(33-40)50-45-25-13-16-28-49(45)53-51(54-50)37-19-7-3-8-20-37/h2-28,30-35H,29H2,1H3. The van der Waals surface area contributed by atoms with E-state index in [1.807, 2.05) is 18.2 Å². The second kappa shape index (κ2) is 13.1. The third kappa shape index (κ3) is 5.17. The van der Waals surface area contributed by atoms with Crippen molar-refractivity contribution in [2.75, 3.05) is 0 Å². The van der Waals surface area contributed by atoms with E-state index in [0.717, 1.165) is 45.5 Å². The molecule has 0 N–H and O–H groups in total. The van der Waals surface area contributed by atoms with Gasteiger partial charge in [-0.1, -0.05) is 177 Å². The fraction of sp³-hybridized carbons (Fsp3) is 0.0769. The van der Waals surface area contributed by atoms with E-state index in [9.17, 15) is 0 Å². The van der Waals surface area contributed by atoms with Gasteiger partial charge in [0, 0.05) is 16.5 Å². The molecule has 54 heavy (non-hydrogen) atoms. The molecule has 2 aliphatic rings. The molecule has 0 amide bonds. The Kier molecular flexibility index (Phi) is 7.77. The van der Waals surface area contributed by atoms with Crippen LogP contribution in [0.15, 0.2) is 200 Å². The summed E-state index contributed by atoms with van der Waals surface area (Å²) in [7, 11) is 0. The maximum absolute atomic E-state index is 5.31. The topological polar surface area (TPSA) is 25.8 Å². The molecule has 0 saturated heterocycles. The predicted octanol–water partition coefficient (Wildman–Crippen LogP) is 13.0. The maximum atomic E-state index is 5.31. The summed E-state index contributed by atoms with van der Waals surface area (Å²) in [5, 5.41) is 1.04. The number of benzene rings is 7. The lowest BCUT2D eigenvalue weighted by atomic mass is 9.62. The highest BCUT2D eigenvalue weighted by Gasteiger charge is 2.48. The minimum absolute atomic E-state index is 0.323. The van der Waals surface area contributed by atoms with Gasteiger partial charge >= 0.3 is 0 Å². The summed E-state index contributed by atoms with van der Waals surface area (Å²) >= 11 is 0. The van der Waals surface area contributed by atoms with E-state index >= 15 is 0 Å². The summed E-state index contributed by atoms with van der Waals surface area (Å²) in [6.07, 6.45) is 5.90. The van der Waals surface area contributed by atoms with Crippen molar-refractivity contribution in [2.24, 2.45) is 5.92 Å². The minimum atomic E-state index is -0.416. The lowest BCUT2D eigenvalue weighted by molar-refractivity contribution is 0.577. The largest absolute Gasteiger partial charge is 0.228 e. The number of hydrogen-bond acceptors (Lipinski definition) is 2. The van der Waals surface area contributed by atoms with Gasteiger partial charge in [-0.25, -0.2) is 9.97 Å². The summed E-state index contributed by atoms with van der Waals surface area (Å²) in [6, 6.07) is 65.6. The highest BCUT2D eigenvalue weighted by atomic mass is 14.9. The summed E-state index contributed by atoms with van der Waals surface area (Å²) < 4.78 is 0. The maximum Gasteiger partial charge on any atom is 0.160 e. The van der Waals surface area contributed by atoms with Crippen molar-refractivity contribution in [2.45, 2.75) is 18.8 Å². The van der Waals surface area contributed by atoms with E-state index in [1.54, 1.807) is 0 Å². The summed E-state index contributed by atoms with van der Waals surface area (Å²) in [4.78, 5) is 10.3. The monoisotopic (exact) mass is 690 g/mol. The number of rotatable bonds is 6. The van der Waals surface area contributed by atoms with Crippen LogP contribution in [0.1, 0.15) is 35.6 Å². The molecule has 1 atom stereocenters. The summed E-state index contributed by atoms with van der Waals surface area (Å²) in [5.41, 5.74) is 16.4. The molecule has 0 radical (unpaired) electrons. The lowest BCUT2D eigenvalue weighted by Gasteiger charge is -2.40. The average Bonchev–Trinajstić information content (AvgIpc) is 3.55. The van der Waals surface area contributed by atoms with Crippen molar-refractivity contribution < 1.29 is 0 Å². The minimum Gasteiger partial charge on any atom is -0.228 e. The van der Waals surface area contributed by atoms with Crippen LogP contribution in [0, 0.1) is 5.92 Å². The molecule has 0 bridgehead atoms. The van der Waals surface area contributed by atoms with Crippen LogP contribution in [0.2, 0.25) is 0 Å². The number of para-hydroxylation sites is 1. The first-order valence-corrected chi connectivity index (χ1v) is 18.9. The predicted molar refractivity (Wildman–Crippen MR) is 224 cm³/mol. The molecule has 0 fully saturated rings. The number of nitrogens with zero attached hydrogens (tertiary/aromatic N) is 2. The number of hydrogen-bond donors (Lipinski definition) is 0. The van der Waals surface area contributed by atoms with Crippen LogP contribution in [0.25, 0.3) is 61.4 Å². The van der Waals surface area contributed by atoms with Crippen LogP contribution in [-0.4, -0.2) is 9.97 Å². The molecule has 2 heteroatoms. The van der Waals surface area contributed by atoms with Crippen molar-refractivity contribution in [3.8, 4) is 44.9 Å². The zero-order valence-corrected chi connectivity index (χ0v) is 30.2. The lowest BCUT2D eigenvalue weighted by Crippen LogP contribution is -2.33. The Morgan fingerprint density at radius 3 is 1.76 bits per heavy atom. The van der Waals surface area contributed by atoms with Gasteiger partial charge in [-0.05, 0) is 92.3 Å². The Morgan fingerprint density at radius 2 is 1.06 bits per heavy atom. The molecule has 8 aromatic rings. The first kappa shape index (κ1) is 32.0. The van der Waals surface area contributed by atoms with Gasteiger partial charge in [0.05, 0.1) is 16.6 Å². The van der Waals surface area contributed by atoms with Gasteiger partial charge in [-0.15, -0.1) is 0 Å². The van der Waals surface area contributed by atoms with Crippen molar-refractivity contribution in [3.05, 3.63) is 222 Å². The fourth-order valence-corrected chi connectivity index (χ4v) is 8.93. The van der Waals surface area contributed by atoms with Gasteiger partial charge in [0.2, 0.25) is 0 Å². The molecular formula is C52H38N2. The third-order valence-electron chi connectivity index (χ3n) is 11.4. The normalized spacial score (nSPS) is 15.6. The van der Waals surface area contributed by atoms with Gasteiger partial charge in [0.25, 0.3) is 0 Å². The Hall–Kier alpha value is -6.64. The molecular weight excluding hydrogens is 653 g/mol. The Morgan fingerprint density at radius 1 is 0.500 bits per heavy atom. The zero-order chi connectivity index (χ0) is 36.1. The van der Waals surface area contributed by atoms with Gasteiger partial charge in [-0.2, -0.15) is 0 Å².